The Hall–Kier alpha value is -3.39. The zero-order valence-electron chi connectivity index (χ0n) is 19.3. The second kappa shape index (κ2) is 10.5. The molecule has 1 N–H and O–H groups in total. The molecule has 3 rings (SSSR count). The topological polar surface area (TPSA) is 86.1 Å². The Kier molecular flexibility index (Phi) is 7.71. The van der Waals surface area contributed by atoms with Crippen molar-refractivity contribution in [1.29, 1.82) is 0 Å². The van der Waals surface area contributed by atoms with E-state index in [0.717, 1.165) is 11.4 Å². The van der Waals surface area contributed by atoms with Crippen LogP contribution in [0.1, 0.15) is 36.7 Å². The normalized spacial score (nSPS) is 11.2. The van der Waals surface area contributed by atoms with Gasteiger partial charge in [-0.25, -0.2) is 4.79 Å². The van der Waals surface area contributed by atoms with Gasteiger partial charge in [0.1, 0.15) is 0 Å². The number of ether oxygens (including phenoxy) is 1. The number of methoxy groups -OCH3 is 1. The number of esters is 1. The first-order chi connectivity index (χ1) is 15.7. The van der Waals surface area contributed by atoms with Crippen molar-refractivity contribution < 1.29 is 14.3 Å². The van der Waals surface area contributed by atoms with Crippen molar-refractivity contribution >= 4 is 29.3 Å². The number of nitrogens with zero attached hydrogens (tertiary/aromatic N) is 3. The third-order valence-electron chi connectivity index (χ3n) is 4.94. The van der Waals surface area contributed by atoms with E-state index in [1.807, 2.05) is 16.7 Å². The molecule has 8 heteroatoms. The molecule has 0 saturated heterocycles. The average molecular weight is 465 g/mol. The third-order valence-corrected chi connectivity index (χ3v) is 5.90. The molecule has 0 aliphatic heterocycles. The van der Waals surface area contributed by atoms with E-state index in [1.165, 1.54) is 24.4 Å². The Morgan fingerprint density at radius 1 is 1.15 bits per heavy atom. The summed E-state index contributed by atoms with van der Waals surface area (Å²) in [6.45, 7) is 10.9. The highest BCUT2D eigenvalue weighted by Crippen LogP contribution is 2.28. The lowest BCUT2D eigenvalue weighted by Crippen LogP contribution is -2.15. The largest absolute Gasteiger partial charge is 0.465 e. The van der Waals surface area contributed by atoms with Crippen LogP contribution >= 0.6 is 11.8 Å². The molecule has 0 radical (unpaired) electrons. The van der Waals surface area contributed by atoms with Crippen LogP contribution in [0.2, 0.25) is 0 Å². The van der Waals surface area contributed by atoms with E-state index in [2.05, 4.69) is 55.0 Å². The lowest BCUT2D eigenvalue weighted by molar-refractivity contribution is -0.113. The molecule has 1 aromatic heterocycles. The van der Waals surface area contributed by atoms with Gasteiger partial charge in [0, 0.05) is 17.8 Å². The highest BCUT2D eigenvalue weighted by atomic mass is 32.2. The highest BCUT2D eigenvalue weighted by molar-refractivity contribution is 7.99. The van der Waals surface area contributed by atoms with Crippen LogP contribution in [0.3, 0.4) is 0 Å². The van der Waals surface area contributed by atoms with Crippen LogP contribution in [-0.2, 0) is 21.5 Å². The standard InChI is InChI=1S/C25H28N4O3S/c1-6-14-29-22(17-10-12-19(13-11-17)25(2,3)4)27-28-24(29)33-16-21(30)26-20-9-7-8-18(15-20)23(31)32-5/h6-13,15H,1,14,16H2,2-5H3,(H,26,30). The fourth-order valence-corrected chi connectivity index (χ4v) is 3.94. The van der Waals surface area contributed by atoms with Gasteiger partial charge in [0.05, 0.1) is 18.4 Å². The van der Waals surface area contributed by atoms with Crippen LogP contribution in [0, 0.1) is 0 Å². The minimum Gasteiger partial charge on any atom is -0.465 e. The minimum atomic E-state index is -0.457. The van der Waals surface area contributed by atoms with Gasteiger partial charge in [0.15, 0.2) is 11.0 Å². The summed E-state index contributed by atoms with van der Waals surface area (Å²) < 4.78 is 6.66. The number of nitrogens with one attached hydrogen (secondary N) is 1. The SMILES string of the molecule is C=CCn1c(SCC(=O)Nc2cccc(C(=O)OC)c2)nnc1-c1ccc(C(C)(C)C)cc1. The molecule has 1 amide bonds. The molecule has 1 heterocycles. The summed E-state index contributed by atoms with van der Waals surface area (Å²) >= 11 is 1.29. The van der Waals surface area contributed by atoms with Crippen LogP contribution in [0.25, 0.3) is 11.4 Å². The smallest absolute Gasteiger partial charge is 0.337 e. The molecule has 0 aliphatic rings. The number of carbonyl (C=O) groups is 2. The second-order valence-corrected chi connectivity index (χ2v) is 9.38. The number of hydrogen-bond acceptors (Lipinski definition) is 6. The number of allylic oxidation sites excluding steroid dienone is 1. The molecule has 7 nitrogen and oxygen atoms in total. The lowest BCUT2D eigenvalue weighted by Gasteiger charge is -2.19. The van der Waals surface area contributed by atoms with Gasteiger partial charge in [-0.15, -0.1) is 16.8 Å². The number of aromatic nitrogens is 3. The number of hydrogen-bond donors (Lipinski definition) is 1. The fourth-order valence-electron chi connectivity index (χ4n) is 3.19. The molecule has 0 atom stereocenters. The van der Waals surface area contributed by atoms with E-state index in [9.17, 15) is 9.59 Å². The first kappa shape index (κ1) is 24.3. The first-order valence-corrected chi connectivity index (χ1v) is 11.5. The maximum absolute atomic E-state index is 12.5. The van der Waals surface area contributed by atoms with Crippen molar-refractivity contribution in [3.8, 4) is 11.4 Å². The maximum Gasteiger partial charge on any atom is 0.337 e. The number of benzene rings is 2. The molecular formula is C25H28N4O3S. The van der Waals surface area contributed by atoms with Crippen molar-refractivity contribution in [2.24, 2.45) is 0 Å². The number of anilines is 1. The van der Waals surface area contributed by atoms with E-state index in [4.69, 9.17) is 4.74 Å². The summed E-state index contributed by atoms with van der Waals surface area (Å²) in [4.78, 5) is 24.2. The van der Waals surface area contributed by atoms with E-state index >= 15 is 0 Å². The summed E-state index contributed by atoms with van der Waals surface area (Å²) in [5.41, 5.74) is 3.15. The van der Waals surface area contributed by atoms with Crippen LogP contribution in [-0.4, -0.2) is 39.5 Å². The molecule has 172 valence electrons. The predicted molar refractivity (Wildman–Crippen MR) is 131 cm³/mol. The third kappa shape index (κ3) is 6.10. The number of carbonyl (C=O) groups excluding carboxylic acids is 2. The van der Waals surface area contributed by atoms with Gasteiger partial charge in [0.25, 0.3) is 0 Å². The second-order valence-electron chi connectivity index (χ2n) is 8.44. The van der Waals surface area contributed by atoms with Gasteiger partial charge < -0.3 is 10.1 Å². The van der Waals surface area contributed by atoms with Crippen LogP contribution in [0.5, 0.6) is 0 Å². The maximum atomic E-state index is 12.5. The Morgan fingerprint density at radius 2 is 1.88 bits per heavy atom. The number of thioether (sulfide) groups is 1. The summed E-state index contributed by atoms with van der Waals surface area (Å²) in [7, 11) is 1.32. The number of rotatable bonds is 8. The lowest BCUT2D eigenvalue weighted by atomic mass is 9.87. The zero-order valence-corrected chi connectivity index (χ0v) is 20.1. The average Bonchev–Trinajstić information content (AvgIpc) is 3.19. The van der Waals surface area contributed by atoms with E-state index in [-0.39, 0.29) is 17.1 Å². The molecule has 2 aromatic carbocycles. The summed E-state index contributed by atoms with van der Waals surface area (Å²) in [5, 5.41) is 12.1. The van der Waals surface area contributed by atoms with Crippen molar-refractivity contribution in [2.75, 3.05) is 18.2 Å². The van der Waals surface area contributed by atoms with Gasteiger partial charge in [-0.1, -0.05) is 68.9 Å². The molecule has 33 heavy (non-hydrogen) atoms. The van der Waals surface area contributed by atoms with Gasteiger partial charge >= 0.3 is 5.97 Å². The van der Waals surface area contributed by atoms with E-state index < -0.39 is 5.97 Å². The van der Waals surface area contributed by atoms with Crippen molar-refractivity contribution in [1.82, 2.24) is 14.8 Å². The fraction of sp³-hybridized carbons (Fsp3) is 0.280. The molecule has 0 unspecified atom stereocenters. The van der Waals surface area contributed by atoms with Crippen LogP contribution in [0.4, 0.5) is 5.69 Å². The molecule has 0 saturated carbocycles. The van der Waals surface area contributed by atoms with Crippen molar-refractivity contribution in [3.63, 3.8) is 0 Å². The van der Waals surface area contributed by atoms with Crippen LogP contribution < -0.4 is 5.32 Å². The van der Waals surface area contributed by atoms with Gasteiger partial charge in [-0.2, -0.15) is 0 Å². The van der Waals surface area contributed by atoms with E-state index in [0.29, 0.717) is 23.0 Å². The Morgan fingerprint density at radius 3 is 2.52 bits per heavy atom. The van der Waals surface area contributed by atoms with Gasteiger partial charge in [-0.05, 0) is 29.2 Å². The Labute approximate surface area is 198 Å². The van der Waals surface area contributed by atoms with Crippen LogP contribution in [0.15, 0.2) is 66.3 Å². The first-order valence-electron chi connectivity index (χ1n) is 10.5. The predicted octanol–water partition coefficient (Wildman–Crippen LogP) is 4.95. The molecule has 0 bridgehead atoms. The number of amides is 1. The summed E-state index contributed by atoms with van der Waals surface area (Å²) in [5.74, 6) is 0.192. The molecule has 0 spiro atoms. The monoisotopic (exact) mass is 464 g/mol. The molecule has 3 aromatic rings. The zero-order chi connectivity index (χ0) is 24.0. The molecule has 0 aliphatic carbocycles. The Balaban J connectivity index is 1.71. The minimum absolute atomic E-state index is 0.0675. The van der Waals surface area contributed by atoms with Gasteiger partial charge in [0.2, 0.25) is 5.91 Å². The summed E-state index contributed by atoms with van der Waals surface area (Å²) in [6, 6.07) is 14.9. The van der Waals surface area contributed by atoms with Crippen molar-refractivity contribution in [2.45, 2.75) is 37.9 Å². The molecular weight excluding hydrogens is 436 g/mol. The van der Waals surface area contributed by atoms with E-state index in [1.54, 1.807) is 30.3 Å². The quantitative estimate of drug-likeness (QED) is 0.289. The summed E-state index contributed by atoms with van der Waals surface area (Å²) in [6.07, 6.45) is 1.78. The highest BCUT2D eigenvalue weighted by Gasteiger charge is 2.17. The Bertz CT molecular complexity index is 1150. The molecule has 0 fully saturated rings. The van der Waals surface area contributed by atoms with Gasteiger partial charge in [-0.3, -0.25) is 9.36 Å². The van der Waals surface area contributed by atoms with Crippen molar-refractivity contribution in [3.05, 3.63) is 72.3 Å².